The lowest BCUT2D eigenvalue weighted by atomic mass is 10.0. The van der Waals surface area contributed by atoms with E-state index in [0.717, 1.165) is 24.3 Å². The standard InChI is InChI=1S/C12H20N2O3/c1-15-8-11-6-10(14-17-11)7-16-9-12(13)4-2-3-5-12/h6H,2-5,7-9,13H2,1H3. The van der Waals surface area contributed by atoms with E-state index >= 15 is 0 Å². The van der Waals surface area contributed by atoms with Gasteiger partial charge in [-0.1, -0.05) is 18.0 Å². The van der Waals surface area contributed by atoms with Crippen molar-refractivity contribution in [2.45, 2.75) is 44.4 Å². The van der Waals surface area contributed by atoms with Crippen molar-refractivity contribution < 1.29 is 14.0 Å². The summed E-state index contributed by atoms with van der Waals surface area (Å²) in [7, 11) is 1.62. The maximum atomic E-state index is 6.19. The molecule has 1 fully saturated rings. The molecule has 5 nitrogen and oxygen atoms in total. The molecule has 0 amide bonds. The van der Waals surface area contributed by atoms with Crippen molar-refractivity contribution in [1.82, 2.24) is 5.16 Å². The fourth-order valence-electron chi connectivity index (χ4n) is 2.22. The van der Waals surface area contributed by atoms with Crippen molar-refractivity contribution in [2.75, 3.05) is 13.7 Å². The molecule has 0 atom stereocenters. The van der Waals surface area contributed by atoms with Gasteiger partial charge in [-0.3, -0.25) is 0 Å². The normalized spacial score (nSPS) is 18.7. The highest BCUT2D eigenvalue weighted by molar-refractivity contribution is 5.03. The minimum absolute atomic E-state index is 0.126. The van der Waals surface area contributed by atoms with Crippen LogP contribution >= 0.6 is 0 Å². The van der Waals surface area contributed by atoms with Crippen molar-refractivity contribution in [1.29, 1.82) is 0 Å². The molecule has 0 aromatic carbocycles. The lowest BCUT2D eigenvalue weighted by molar-refractivity contribution is 0.0714. The smallest absolute Gasteiger partial charge is 0.162 e. The molecular weight excluding hydrogens is 220 g/mol. The van der Waals surface area contributed by atoms with Crippen LogP contribution < -0.4 is 5.73 Å². The van der Waals surface area contributed by atoms with Crippen molar-refractivity contribution in [3.05, 3.63) is 17.5 Å². The van der Waals surface area contributed by atoms with Crippen molar-refractivity contribution in [3.8, 4) is 0 Å². The Kier molecular flexibility index (Phi) is 4.15. The summed E-state index contributed by atoms with van der Waals surface area (Å²) in [5, 5.41) is 3.90. The SMILES string of the molecule is COCc1cc(COCC2(N)CCCC2)no1. The van der Waals surface area contributed by atoms with Crippen LogP contribution in [-0.4, -0.2) is 24.4 Å². The second-order valence-electron chi connectivity index (χ2n) is 4.78. The number of nitrogens with zero attached hydrogens (tertiary/aromatic N) is 1. The minimum atomic E-state index is -0.126. The molecule has 0 bridgehead atoms. The third-order valence-corrected chi connectivity index (χ3v) is 3.13. The first-order valence-corrected chi connectivity index (χ1v) is 6.02. The summed E-state index contributed by atoms with van der Waals surface area (Å²) in [6.07, 6.45) is 4.53. The highest BCUT2D eigenvalue weighted by Gasteiger charge is 2.29. The van der Waals surface area contributed by atoms with Crippen LogP contribution in [0.3, 0.4) is 0 Å². The van der Waals surface area contributed by atoms with E-state index in [0.29, 0.717) is 19.8 Å². The van der Waals surface area contributed by atoms with E-state index in [9.17, 15) is 0 Å². The minimum Gasteiger partial charge on any atom is -0.377 e. The molecule has 1 aliphatic carbocycles. The van der Waals surface area contributed by atoms with Gasteiger partial charge in [-0.15, -0.1) is 0 Å². The van der Waals surface area contributed by atoms with Crippen molar-refractivity contribution >= 4 is 0 Å². The molecule has 2 rings (SSSR count). The first kappa shape index (κ1) is 12.5. The number of ether oxygens (including phenoxy) is 2. The van der Waals surface area contributed by atoms with E-state index in [1.165, 1.54) is 12.8 Å². The third-order valence-electron chi connectivity index (χ3n) is 3.13. The first-order chi connectivity index (χ1) is 8.22. The highest BCUT2D eigenvalue weighted by atomic mass is 16.5. The Labute approximate surface area is 101 Å². The monoisotopic (exact) mass is 240 g/mol. The zero-order valence-electron chi connectivity index (χ0n) is 10.3. The maximum absolute atomic E-state index is 6.19. The van der Waals surface area contributed by atoms with Gasteiger partial charge in [0.05, 0.1) is 13.2 Å². The number of aromatic nitrogens is 1. The highest BCUT2D eigenvalue weighted by Crippen LogP contribution is 2.27. The zero-order chi connectivity index (χ0) is 12.1. The maximum Gasteiger partial charge on any atom is 0.162 e. The Morgan fingerprint density at radius 1 is 1.41 bits per heavy atom. The molecule has 0 unspecified atom stereocenters. The molecule has 1 aromatic rings. The Morgan fingerprint density at radius 2 is 2.18 bits per heavy atom. The number of methoxy groups -OCH3 is 1. The predicted molar refractivity (Wildman–Crippen MR) is 62.3 cm³/mol. The average molecular weight is 240 g/mol. The van der Waals surface area contributed by atoms with Gasteiger partial charge in [0, 0.05) is 18.7 Å². The van der Waals surface area contributed by atoms with Crippen LogP contribution in [0.15, 0.2) is 10.6 Å². The van der Waals surface area contributed by atoms with Gasteiger partial charge in [0.25, 0.3) is 0 Å². The Hall–Kier alpha value is -0.910. The summed E-state index contributed by atoms with van der Waals surface area (Å²) in [6.45, 7) is 1.49. The summed E-state index contributed by atoms with van der Waals surface area (Å²) in [4.78, 5) is 0. The molecule has 1 saturated carbocycles. The predicted octanol–water partition coefficient (Wildman–Crippen LogP) is 1.61. The fourth-order valence-corrected chi connectivity index (χ4v) is 2.22. The van der Waals surface area contributed by atoms with Gasteiger partial charge in [-0.05, 0) is 12.8 Å². The lowest BCUT2D eigenvalue weighted by Gasteiger charge is -2.22. The van der Waals surface area contributed by atoms with E-state index in [4.69, 9.17) is 19.7 Å². The number of rotatable bonds is 6. The summed E-state index contributed by atoms with van der Waals surface area (Å²) >= 11 is 0. The third kappa shape index (κ3) is 3.52. The summed E-state index contributed by atoms with van der Waals surface area (Å²) in [6, 6.07) is 1.85. The summed E-state index contributed by atoms with van der Waals surface area (Å²) < 4.78 is 15.6. The molecule has 0 radical (unpaired) electrons. The van der Waals surface area contributed by atoms with Gasteiger partial charge >= 0.3 is 0 Å². The van der Waals surface area contributed by atoms with Gasteiger partial charge in [0.15, 0.2) is 5.76 Å². The molecule has 96 valence electrons. The van der Waals surface area contributed by atoms with E-state index in [1.54, 1.807) is 7.11 Å². The number of hydrogen-bond donors (Lipinski definition) is 1. The molecule has 1 aliphatic rings. The first-order valence-electron chi connectivity index (χ1n) is 6.02. The molecular formula is C12H20N2O3. The molecule has 5 heteroatoms. The van der Waals surface area contributed by atoms with Crippen LogP contribution in [0.25, 0.3) is 0 Å². The molecule has 1 heterocycles. The molecule has 0 aliphatic heterocycles. The van der Waals surface area contributed by atoms with Crippen LogP contribution in [0.2, 0.25) is 0 Å². The summed E-state index contributed by atoms with van der Waals surface area (Å²) in [5.74, 6) is 0.717. The van der Waals surface area contributed by atoms with Crippen LogP contribution in [0.1, 0.15) is 37.1 Å². The second kappa shape index (κ2) is 5.62. The molecule has 0 saturated heterocycles. The van der Waals surface area contributed by atoms with Crippen molar-refractivity contribution in [3.63, 3.8) is 0 Å². The fraction of sp³-hybridized carbons (Fsp3) is 0.750. The van der Waals surface area contributed by atoms with Gasteiger partial charge < -0.3 is 19.7 Å². The Morgan fingerprint density at radius 3 is 2.88 bits per heavy atom. The second-order valence-corrected chi connectivity index (χ2v) is 4.78. The molecule has 0 spiro atoms. The van der Waals surface area contributed by atoms with Gasteiger partial charge in [0.2, 0.25) is 0 Å². The largest absolute Gasteiger partial charge is 0.377 e. The van der Waals surface area contributed by atoms with E-state index in [1.807, 2.05) is 6.07 Å². The van der Waals surface area contributed by atoms with Gasteiger partial charge in [-0.2, -0.15) is 0 Å². The van der Waals surface area contributed by atoms with Gasteiger partial charge in [0.1, 0.15) is 12.3 Å². The van der Waals surface area contributed by atoms with Gasteiger partial charge in [-0.25, -0.2) is 0 Å². The number of hydrogen-bond acceptors (Lipinski definition) is 5. The van der Waals surface area contributed by atoms with Crippen LogP contribution in [-0.2, 0) is 22.7 Å². The number of nitrogens with two attached hydrogens (primary N) is 1. The molecule has 17 heavy (non-hydrogen) atoms. The van der Waals surface area contributed by atoms with Crippen LogP contribution in [0.4, 0.5) is 0 Å². The van der Waals surface area contributed by atoms with Crippen molar-refractivity contribution in [2.24, 2.45) is 5.73 Å². The topological polar surface area (TPSA) is 70.5 Å². The van der Waals surface area contributed by atoms with E-state index in [2.05, 4.69) is 5.16 Å². The Bertz CT molecular complexity index is 345. The quantitative estimate of drug-likeness (QED) is 0.818. The van der Waals surface area contributed by atoms with Crippen LogP contribution in [0, 0.1) is 0 Å². The van der Waals surface area contributed by atoms with E-state index in [-0.39, 0.29) is 5.54 Å². The molecule has 2 N–H and O–H groups in total. The van der Waals surface area contributed by atoms with E-state index < -0.39 is 0 Å². The zero-order valence-corrected chi connectivity index (χ0v) is 10.3. The Balaban J connectivity index is 1.73. The summed E-state index contributed by atoms with van der Waals surface area (Å²) in [5.41, 5.74) is 6.85. The average Bonchev–Trinajstić information content (AvgIpc) is 2.90. The molecule has 1 aromatic heterocycles. The van der Waals surface area contributed by atoms with Crippen LogP contribution in [0.5, 0.6) is 0 Å². The lowest BCUT2D eigenvalue weighted by Crippen LogP contribution is -2.41.